The van der Waals surface area contributed by atoms with Crippen molar-refractivity contribution in [3.8, 4) is 22.9 Å². The summed E-state index contributed by atoms with van der Waals surface area (Å²) in [6.07, 6.45) is 0. The molecule has 6 heteroatoms. The van der Waals surface area contributed by atoms with Gasteiger partial charge < -0.3 is 19.8 Å². The number of rotatable bonds is 4. The highest BCUT2D eigenvalue weighted by molar-refractivity contribution is 5.61. The molecule has 0 amide bonds. The Labute approximate surface area is 105 Å². The van der Waals surface area contributed by atoms with Crippen molar-refractivity contribution in [3.63, 3.8) is 0 Å². The second kappa shape index (κ2) is 5.05. The summed E-state index contributed by atoms with van der Waals surface area (Å²) in [6, 6.07) is 5.61. The average molecular weight is 248 g/mol. The third-order valence-electron chi connectivity index (χ3n) is 2.79. The highest BCUT2D eigenvalue weighted by Gasteiger charge is 2.12. The van der Waals surface area contributed by atoms with Gasteiger partial charge in [0.05, 0.1) is 20.8 Å². The van der Waals surface area contributed by atoms with E-state index < -0.39 is 0 Å². The number of methoxy groups -OCH3 is 2. The standard InChI is InChI=1S/C12H16N4O2/c1-16-11(7-13)14-15-12(16)8-4-5-9(17-2)10(6-8)18-3/h4-6H,7,13H2,1-3H3. The van der Waals surface area contributed by atoms with Gasteiger partial charge in [0, 0.05) is 12.6 Å². The minimum atomic E-state index is 0.358. The van der Waals surface area contributed by atoms with Crippen LogP contribution in [0, 0.1) is 0 Å². The Kier molecular flexibility index (Phi) is 3.47. The summed E-state index contributed by atoms with van der Waals surface area (Å²) in [4.78, 5) is 0. The van der Waals surface area contributed by atoms with Gasteiger partial charge in [0.2, 0.25) is 0 Å². The van der Waals surface area contributed by atoms with Crippen molar-refractivity contribution in [2.75, 3.05) is 14.2 Å². The first kappa shape index (κ1) is 12.4. The van der Waals surface area contributed by atoms with Crippen molar-refractivity contribution in [2.45, 2.75) is 6.54 Å². The smallest absolute Gasteiger partial charge is 0.163 e. The molecule has 1 heterocycles. The Morgan fingerprint density at radius 2 is 1.89 bits per heavy atom. The van der Waals surface area contributed by atoms with Gasteiger partial charge in [-0.05, 0) is 18.2 Å². The van der Waals surface area contributed by atoms with Crippen LogP contribution in [0.4, 0.5) is 0 Å². The summed E-state index contributed by atoms with van der Waals surface area (Å²) >= 11 is 0. The lowest BCUT2D eigenvalue weighted by molar-refractivity contribution is 0.355. The maximum absolute atomic E-state index is 5.58. The van der Waals surface area contributed by atoms with Gasteiger partial charge in [0.15, 0.2) is 17.3 Å². The van der Waals surface area contributed by atoms with Crippen molar-refractivity contribution in [1.82, 2.24) is 14.8 Å². The molecular formula is C12H16N4O2. The molecule has 0 fully saturated rings. The number of nitrogens with zero attached hydrogens (tertiary/aromatic N) is 3. The number of benzene rings is 1. The molecule has 2 aromatic rings. The van der Waals surface area contributed by atoms with E-state index in [1.54, 1.807) is 14.2 Å². The van der Waals surface area contributed by atoms with Crippen molar-refractivity contribution in [1.29, 1.82) is 0 Å². The van der Waals surface area contributed by atoms with Crippen LogP contribution in [-0.4, -0.2) is 29.0 Å². The Morgan fingerprint density at radius 3 is 2.44 bits per heavy atom. The maximum Gasteiger partial charge on any atom is 0.163 e. The molecule has 0 bridgehead atoms. The molecule has 0 aliphatic carbocycles. The lowest BCUT2D eigenvalue weighted by Crippen LogP contribution is -2.05. The molecule has 0 aliphatic heterocycles. The van der Waals surface area contributed by atoms with Crippen LogP contribution >= 0.6 is 0 Å². The molecule has 2 N–H and O–H groups in total. The van der Waals surface area contributed by atoms with E-state index in [1.807, 2.05) is 29.8 Å². The Morgan fingerprint density at radius 1 is 1.17 bits per heavy atom. The van der Waals surface area contributed by atoms with Crippen LogP contribution < -0.4 is 15.2 Å². The number of hydrogen-bond donors (Lipinski definition) is 1. The first-order valence-electron chi connectivity index (χ1n) is 5.52. The van der Waals surface area contributed by atoms with E-state index in [-0.39, 0.29) is 0 Å². The van der Waals surface area contributed by atoms with E-state index in [0.29, 0.717) is 18.0 Å². The van der Waals surface area contributed by atoms with E-state index >= 15 is 0 Å². The van der Waals surface area contributed by atoms with E-state index in [1.165, 1.54) is 0 Å². The number of nitrogens with two attached hydrogens (primary N) is 1. The van der Waals surface area contributed by atoms with Crippen molar-refractivity contribution < 1.29 is 9.47 Å². The third-order valence-corrected chi connectivity index (χ3v) is 2.79. The lowest BCUT2D eigenvalue weighted by atomic mass is 10.2. The predicted molar refractivity (Wildman–Crippen MR) is 67.4 cm³/mol. The molecule has 96 valence electrons. The van der Waals surface area contributed by atoms with Crippen LogP contribution in [0.5, 0.6) is 11.5 Å². The maximum atomic E-state index is 5.58. The van der Waals surface area contributed by atoms with Gasteiger partial charge in [-0.1, -0.05) is 0 Å². The second-order valence-electron chi connectivity index (χ2n) is 3.77. The highest BCUT2D eigenvalue weighted by atomic mass is 16.5. The van der Waals surface area contributed by atoms with Gasteiger partial charge in [-0.25, -0.2) is 0 Å². The minimum absolute atomic E-state index is 0.358. The molecule has 0 saturated heterocycles. The quantitative estimate of drug-likeness (QED) is 0.872. The molecule has 6 nitrogen and oxygen atoms in total. The van der Waals surface area contributed by atoms with Crippen LogP contribution in [0.25, 0.3) is 11.4 Å². The summed E-state index contributed by atoms with van der Waals surface area (Å²) in [6.45, 7) is 0.358. The zero-order valence-corrected chi connectivity index (χ0v) is 10.7. The zero-order chi connectivity index (χ0) is 13.1. The summed E-state index contributed by atoms with van der Waals surface area (Å²) < 4.78 is 12.3. The number of ether oxygens (including phenoxy) is 2. The predicted octanol–water partition coefficient (Wildman–Crippen LogP) is 0.958. The molecule has 0 radical (unpaired) electrons. The molecule has 0 unspecified atom stereocenters. The summed E-state index contributed by atoms with van der Waals surface area (Å²) in [5.74, 6) is 2.82. The third kappa shape index (κ3) is 2.02. The fourth-order valence-electron chi connectivity index (χ4n) is 1.77. The van der Waals surface area contributed by atoms with Crippen molar-refractivity contribution in [3.05, 3.63) is 24.0 Å². The summed E-state index contributed by atoms with van der Waals surface area (Å²) in [5.41, 5.74) is 6.48. The molecular weight excluding hydrogens is 232 g/mol. The number of hydrogen-bond acceptors (Lipinski definition) is 5. The fourth-order valence-corrected chi connectivity index (χ4v) is 1.77. The lowest BCUT2D eigenvalue weighted by Gasteiger charge is -2.09. The molecule has 0 spiro atoms. The van der Waals surface area contributed by atoms with Crippen LogP contribution in [-0.2, 0) is 13.6 Å². The summed E-state index contributed by atoms with van der Waals surface area (Å²) in [5, 5.41) is 8.15. The number of aromatic nitrogens is 3. The molecule has 18 heavy (non-hydrogen) atoms. The molecule has 1 aromatic heterocycles. The molecule has 0 saturated carbocycles. The molecule has 0 atom stereocenters. The molecule has 0 aliphatic rings. The van der Waals surface area contributed by atoms with Gasteiger partial charge in [-0.2, -0.15) is 0 Å². The largest absolute Gasteiger partial charge is 0.493 e. The van der Waals surface area contributed by atoms with Crippen LogP contribution in [0.3, 0.4) is 0 Å². The van der Waals surface area contributed by atoms with E-state index in [4.69, 9.17) is 15.2 Å². The fraction of sp³-hybridized carbons (Fsp3) is 0.333. The van der Waals surface area contributed by atoms with Crippen LogP contribution in [0.15, 0.2) is 18.2 Å². The van der Waals surface area contributed by atoms with Gasteiger partial charge in [-0.15, -0.1) is 10.2 Å². The van der Waals surface area contributed by atoms with Gasteiger partial charge >= 0.3 is 0 Å². The summed E-state index contributed by atoms with van der Waals surface area (Å²) in [7, 11) is 5.09. The van der Waals surface area contributed by atoms with E-state index in [9.17, 15) is 0 Å². The highest BCUT2D eigenvalue weighted by Crippen LogP contribution is 2.31. The first-order valence-corrected chi connectivity index (χ1v) is 5.52. The van der Waals surface area contributed by atoms with E-state index in [2.05, 4.69) is 10.2 Å². The molecule has 1 aromatic carbocycles. The minimum Gasteiger partial charge on any atom is -0.493 e. The Balaban J connectivity index is 2.47. The van der Waals surface area contributed by atoms with Crippen LogP contribution in [0.2, 0.25) is 0 Å². The van der Waals surface area contributed by atoms with Gasteiger partial charge in [0.1, 0.15) is 5.82 Å². The average Bonchev–Trinajstić information content (AvgIpc) is 2.79. The zero-order valence-electron chi connectivity index (χ0n) is 10.7. The topological polar surface area (TPSA) is 75.2 Å². The monoisotopic (exact) mass is 248 g/mol. The first-order chi connectivity index (χ1) is 8.71. The second-order valence-corrected chi connectivity index (χ2v) is 3.77. The van der Waals surface area contributed by atoms with E-state index in [0.717, 1.165) is 17.2 Å². The van der Waals surface area contributed by atoms with Gasteiger partial charge in [-0.3, -0.25) is 0 Å². The normalized spacial score (nSPS) is 10.4. The van der Waals surface area contributed by atoms with Crippen LogP contribution in [0.1, 0.15) is 5.82 Å². The Bertz CT molecular complexity index is 551. The molecule has 2 rings (SSSR count). The Hall–Kier alpha value is -2.08. The van der Waals surface area contributed by atoms with Crippen molar-refractivity contribution in [2.24, 2.45) is 12.8 Å². The van der Waals surface area contributed by atoms with Crippen molar-refractivity contribution >= 4 is 0 Å². The SMILES string of the molecule is COc1ccc(-c2nnc(CN)n2C)cc1OC. The van der Waals surface area contributed by atoms with Gasteiger partial charge in [0.25, 0.3) is 0 Å².